The Bertz CT molecular complexity index is 242. The second-order valence-electron chi connectivity index (χ2n) is 4.25. The second-order valence-corrected chi connectivity index (χ2v) is 4.25. The monoisotopic (exact) mass is 194 g/mol. The van der Waals surface area contributed by atoms with E-state index in [1.54, 1.807) is 0 Å². The van der Waals surface area contributed by atoms with Gasteiger partial charge in [0.05, 0.1) is 0 Å². The van der Waals surface area contributed by atoms with Crippen LogP contribution in [0.5, 0.6) is 0 Å². The molecule has 2 rings (SSSR count). The highest BCUT2D eigenvalue weighted by atomic mass is 16.1. The maximum Gasteiger partial charge on any atom is 0.138 e. The van der Waals surface area contributed by atoms with Crippen LogP contribution < -0.4 is 0 Å². The Labute approximate surface area is 85.2 Å². The molecule has 0 atom stereocenters. The van der Waals surface area contributed by atoms with E-state index >= 15 is 0 Å². The van der Waals surface area contributed by atoms with Crippen molar-refractivity contribution in [2.75, 3.05) is 13.1 Å². The van der Waals surface area contributed by atoms with Crippen LogP contribution in [0.1, 0.15) is 44.9 Å². The molecule has 78 valence electrons. The van der Waals surface area contributed by atoms with Crippen molar-refractivity contribution >= 4 is 11.5 Å². The van der Waals surface area contributed by atoms with Gasteiger partial charge >= 0.3 is 0 Å². The van der Waals surface area contributed by atoms with Crippen LogP contribution in [-0.4, -0.2) is 29.6 Å². The van der Waals surface area contributed by atoms with Crippen molar-refractivity contribution in [3.05, 3.63) is 0 Å². The number of piperidine rings is 1. The number of Topliss-reactive ketones (excluding diaryl/α,β-unsaturated/α-hetero) is 1. The topological polar surface area (TPSA) is 32.7 Å². The number of ketones is 1. The molecular formula is C11H18N2O. The van der Waals surface area contributed by atoms with Gasteiger partial charge in [-0.05, 0) is 32.1 Å². The SMILES string of the molecule is O=C1CCC/C(=N/N2CCCCC2)C1. The normalized spacial score (nSPS) is 27.0. The van der Waals surface area contributed by atoms with Crippen molar-refractivity contribution in [1.29, 1.82) is 0 Å². The Kier molecular flexibility index (Phi) is 3.17. The van der Waals surface area contributed by atoms with Gasteiger partial charge in [0.25, 0.3) is 0 Å². The summed E-state index contributed by atoms with van der Waals surface area (Å²) in [5.74, 6) is 0.368. The van der Waals surface area contributed by atoms with Gasteiger partial charge in [0.2, 0.25) is 0 Å². The second kappa shape index (κ2) is 4.58. The third-order valence-electron chi connectivity index (χ3n) is 2.94. The summed E-state index contributed by atoms with van der Waals surface area (Å²) in [6, 6.07) is 0. The van der Waals surface area contributed by atoms with Gasteiger partial charge in [0, 0.05) is 31.6 Å². The molecular weight excluding hydrogens is 176 g/mol. The lowest BCUT2D eigenvalue weighted by molar-refractivity contribution is -0.118. The number of carbonyl (C=O) groups is 1. The maximum absolute atomic E-state index is 11.2. The van der Waals surface area contributed by atoms with Crippen molar-refractivity contribution in [1.82, 2.24) is 5.01 Å². The highest BCUT2D eigenvalue weighted by molar-refractivity contribution is 6.03. The number of rotatable bonds is 1. The molecule has 1 aliphatic carbocycles. The summed E-state index contributed by atoms with van der Waals surface area (Å²) in [5, 5.41) is 6.72. The number of hydrazone groups is 1. The minimum Gasteiger partial charge on any atom is -0.299 e. The fraction of sp³-hybridized carbons (Fsp3) is 0.818. The molecule has 0 aromatic heterocycles. The summed E-state index contributed by atoms with van der Waals surface area (Å²) in [7, 11) is 0. The van der Waals surface area contributed by atoms with E-state index in [-0.39, 0.29) is 0 Å². The van der Waals surface area contributed by atoms with Crippen molar-refractivity contribution < 1.29 is 4.79 Å². The first-order chi connectivity index (χ1) is 6.84. The van der Waals surface area contributed by atoms with Gasteiger partial charge in [-0.1, -0.05) is 0 Å². The van der Waals surface area contributed by atoms with E-state index in [1.807, 2.05) is 0 Å². The van der Waals surface area contributed by atoms with Gasteiger partial charge in [-0.25, -0.2) is 0 Å². The van der Waals surface area contributed by atoms with Gasteiger partial charge < -0.3 is 0 Å². The molecule has 0 aromatic carbocycles. The lowest BCUT2D eigenvalue weighted by Gasteiger charge is -2.25. The Morgan fingerprint density at radius 3 is 2.50 bits per heavy atom. The quantitative estimate of drug-likeness (QED) is 0.639. The fourth-order valence-electron chi connectivity index (χ4n) is 2.16. The van der Waals surface area contributed by atoms with Gasteiger partial charge in [-0.3, -0.25) is 9.80 Å². The Balaban J connectivity index is 1.91. The van der Waals surface area contributed by atoms with Crippen LogP contribution in [0.2, 0.25) is 0 Å². The van der Waals surface area contributed by atoms with E-state index in [2.05, 4.69) is 10.1 Å². The van der Waals surface area contributed by atoms with Gasteiger partial charge in [0.15, 0.2) is 0 Å². The van der Waals surface area contributed by atoms with Crippen LogP contribution in [-0.2, 0) is 4.79 Å². The fourth-order valence-corrected chi connectivity index (χ4v) is 2.16. The van der Waals surface area contributed by atoms with Crippen molar-refractivity contribution in [3.63, 3.8) is 0 Å². The maximum atomic E-state index is 11.2. The lowest BCUT2D eigenvalue weighted by atomic mass is 9.97. The molecule has 0 aromatic rings. The number of hydrogen-bond acceptors (Lipinski definition) is 3. The minimum atomic E-state index is 0.368. The third-order valence-corrected chi connectivity index (χ3v) is 2.94. The molecule has 0 N–H and O–H groups in total. The zero-order valence-corrected chi connectivity index (χ0v) is 8.67. The molecule has 0 spiro atoms. The van der Waals surface area contributed by atoms with Crippen LogP contribution in [0.3, 0.4) is 0 Å². The summed E-state index contributed by atoms with van der Waals surface area (Å²) in [6.45, 7) is 2.16. The van der Waals surface area contributed by atoms with E-state index in [0.717, 1.165) is 38.1 Å². The van der Waals surface area contributed by atoms with E-state index in [4.69, 9.17) is 0 Å². The standard InChI is InChI=1S/C11H18N2O/c14-11-6-4-5-10(9-11)12-13-7-2-1-3-8-13/h1-9H2/b12-10-. The van der Waals surface area contributed by atoms with Crippen molar-refractivity contribution in [3.8, 4) is 0 Å². The molecule has 0 unspecified atom stereocenters. The lowest BCUT2D eigenvalue weighted by Crippen LogP contribution is -2.27. The third kappa shape index (κ3) is 2.56. The molecule has 2 aliphatic rings. The molecule has 3 heteroatoms. The molecule has 1 aliphatic heterocycles. The van der Waals surface area contributed by atoms with Crippen LogP contribution in [0.4, 0.5) is 0 Å². The largest absolute Gasteiger partial charge is 0.299 e. The summed E-state index contributed by atoms with van der Waals surface area (Å²) in [4.78, 5) is 11.2. The highest BCUT2D eigenvalue weighted by Crippen LogP contribution is 2.15. The zero-order valence-electron chi connectivity index (χ0n) is 8.67. The summed E-state index contributed by atoms with van der Waals surface area (Å²) >= 11 is 0. The average Bonchev–Trinajstić information content (AvgIpc) is 2.19. The van der Waals surface area contributed by atoms with Crippen LogP contribution in [0.15, 0.2) is 5.10 Å². The van der Waals surface area contributed by atoms with E-state index in [9.17, 15) is 4.79 Å². The predicted molar refractivity (Wildman–Crippen MR) is 56.3 cm³/mol. The van der Waals surface area contributed by atoms with Crippen molar-refractivity contribution in [2.45, 2.75) is 44.9 Å². The number of carbonyl (C=O) groups excluding carboxylic acids is 1. The van der Waals surface area contributed by atoms with Gasteiger partial charge in [0.1, 0.15) is 5.78 Å². The predicted octanol–water partition coefficient (Wildman–Crippen LogP) is 1.97. The number of nitrogens with zero attached hydrogens (tertiary/aromatic N) is 2. The first-order valence-electron chi connectivity index (χ1n) is 5.67. The molecule has 14 heavy (non-hydrogen) atoms. The highest BCUT2D eigenvalue weighted by Gasteiger charge is 2.16. The zero-order chi connectivity index (χ0) is 9.80. The molecule has 1 saturated heterocycles. The molecule has 3 nitrogen and oxygen atoms in total. The summed E-state index contributed by atoms with van der Waals surface area (Å²) < 4.78 is 0. The van der Waals surface area contributed by atoms with E-state index < -0.39 is 0 Å². The Morgan fingerprint density at radius 2 is 1.79 bits per heavy atom. The molecule has 0 bridgehead atoms. The molecule has 1 saturated carbocycles. The molecule has 1 heterocycles. The number of hydrogen-bond donors (Lipinski definition) is 0. The van der Waals surface area contributed by atoms with E-state index in [1.165, 1.54) is 19.3 Å². The van der Waals surface area contributed by atoms with E-state index in [0.29, 0.717) is 12.2 Å². The average molecular weight is 194 g/mol. The van der Waals surface area contributed by atoms with Crippen molar-refractivity contribution in [2.24, 2.45) is 5.10 Å². The molecule has 0 radical (unpaired) electrons. The minimum absolute atomic E-state index is 0.368. The Morgan fingerprint density at radius 1 is 1.00 bits per heavy atom. The first-order valence-corrected chi connectivity index (χ1v) is 5.67. The molecule has 2 fully saturated rings. The van der Waals surface area contributed by atoms with Crippen LogP contribution in [0.25, 0.3) is 0 Å². The summed E-state index contributed by atoms with van der Waals surface area (Å²) in [6.07, 6.45) is 7.25. The van der Waals surface area contributed by atoms with Gasteiger partial charge in [-0.2, -0.15) is 5.10 Å². The van der Waals surface area contributed by atoms with Crippen LogP contribution >= 0.6 is 0 Å². The van der Waals surface area contributed by atoms with Crippen LogP contribution in [0, 0.1) is 0 Å². The smallest absolute Gasteiger partial charge is 0.138 e. The Hall–Kier alpha value is -0.860. The molecule has 0 amide bonds. The van der Waals surface area contributed by atoms with Gasteiger partial charge in [-0.15, -0.1) is 0 Å². The summed E-state index contributed by atoms with van der Waals surface area (Å²) in [5.41, 5.74) is 1.11. The first kappa shape index (κ1) is 9.69.